The van der Waals surface area contributed by atoms with E-state index in [2.05, 4.69) is 4.90 Å². The molecule has 2 aromatic rings. The van der Waals surface area contributed by atoms with Gasteiger partial charge in [0.25, 0.3) is 11.6 Å². The molecule has 0 unspecified atom stereocenters. The first-order valence-corrected chi connectivity index (χ1v) is 10.5. The van der Waals surface area contributed by atoms with Crippen molar-refractivity contribution in [2.24, 2.45) is 5.41 Å². The molecule has 1 saturated heterocycles. The maximum atomic E-state index is 13.1. The highest BCUT2D eigenvalue weighted by molar-refractivity contribution is 6.03. The Morgan fingerprint density at radius 3 is 2.58 bits per heavy atom. The summed E-state index contributed by atoms with van der Waals surface area (Å²) in [5.41, 5.74) is 2.05. The normalized spacial score (nSPS) is 18.7. The Bertz CT molecular complexity index is 1050. The third kappa shape index (κ3) is 4.25. The van der Waals surface area contributed by atoms with E-state index in [0.29, 0.717) is 62.5 Å². The summed E-state index contributed by atoms with van der Waals surface area (Å²) in [5, 5.41) is 11.0. The van der Waals surface area contributed by atoms with E-state index in [-0.39, 0.29) is 28.6 Å². The lowest BCUT2D eigenvalue weighted by atomic mass is 9.76. The molecular weight excluding hydrogens is 398 g/mol. The molecule has 8 heteroatoms. The molecule has 1 aromatic carbocycles. The average Bonchev–Trinajstić information content (AvgIpc) is 3.03. The van der Waals surface area contributed by atoms with E-state index in [1.165, 1.54) is 6.07 Å². The summed E-state index contributed by atoms with van der Waals surface area (Å²) in [6.07, 6.45) is 1.11. The highest BCUT2D eigenvalue weighted by Gasteiger charge is 2.38. The third-order valence-electron chi connectivity index (χ3n) is 6.16. The summed E-state index contributed by atoms with van der Waals surface area (Å²) in [6.45, 7) is 8.88. The van der Waals surface area contributed by atoms with Crippen LogP contribution in [0.25, 0.3) is 0 Å². The zero-order valence-corrected chi connectivity index (χ0v) is 18.1. The molecule has 1 aromatic heterocycles. The van der Waals surface area contributed by atoms with Crippen molar-refractivity contribution in [2.75, 3.05) is 26.2 Å². The highest BCUT2D eigenvalue weighted by atomic mass is 16.6. The van der Waals surface area contributed by atoms with E-state index in [9.17, 15) is 19.7 Å². The largest absolute Gasteiger partial charge is 0.455 e. The molecule has 0 bridgehead atoms. The molecular formula is C23H27N3O5. The molecule has 2 aliphatic rings. The van der Waals surface area contributed by atoms with Crippen LogP contribution in [0.3, 0.4) is 0 Å². The van der Waals surface area contributed by atoms with Gasteiger partial charge in [0.15, 0.2) is 11.5 Å². The number of hydrogen-bond acceptors (Lipinski definition) is 6. The molecule has 1 aliphatic carbocycles. The molecule has 1 aliphatic heterocycles. The van der Waals surface area contributed by atoms with Crippen LogP contribution in [0.4, 0.5) is 5.69 Å². The number of nitro benzene ring substituents is 1. The third-order valence-corrected chi connectivity index (χ3v) is 6.16. The van der Waals surface area contributed by atoms with E-state index >= 15 is 0 Å². The van der Waals surface area contributed by atoms with Crippen molar-refractivity contribution in [3.63, 3.8) is 0 Å². The van der Waals surface area contributed by atoms with Crippen molar-refractivity contribution in [3.8, 4) is 0 Å². The summed E-state index contributed by atoms with van der Waals surface area (Å²) >= 11 is 0. The summed E-state index contributed by atoms with van der Waals surface area (Å²) in [6, 6.07) is 6.64. The van der Waals surface area contributed by atoms with Crippen LogP contribution in [0.15, 0.2) is 28.7 Å². The number of carbonyl (C=O) groups excluding carboxylic acids is 2. The number of carbonyl (C=O) groups is 2. The molecule has 2 heterocycles. The van der Waals surface area contributed by atoms with Crippen LogP contribution < -0.4 is 0 Å². The van der Waals surface area contributed by atoms with Crippen LogP contribution in [0, 0.1) is 22.5 Å². The van der Waals surface area contributed by atoms with Gasteiger partial charge in [-0.1, -0.05) is 26.0 Å². The predicted octanol–water partition coefficient (Wildman–Crippen LogP) is 3.61. The molecule has 31 heavy (non-hydrogen) atoms. The fourth-order valence-corrected chi connectivity index (χ4v) is 4.57. The van der Waals surface area contributed by atoms with Crippen molar-refractivity contribution < 1.29 is 18.9 Å². The van der Waals surface area contributed by atoms with Crippen LogP contribution >= 0.6 is 0 Å². The SMILES string of the molecule is Cc1c(C(=O)N2CCN(Cc3cccc([N+](=O)[O-])c3)CC2)oc2c1C(=O)CC(C)(C)C2. The molecule has 0 radical (unpaired) electrons. The van der Waals surface area contributed by atoms with Crippen LogP contribution in [0.5, 0.6) is 0 Å². The smallest absolute Gasteiger partial charge is 0.289 e. The van der Waals surface area contributed by atoms with E-state index in [1.807, 2.05) is 19.9 Å². The minimum absolute atomic E-state index is 0.0494. The average molecular weight is 425 g/mol. The number of ketones is 1. The Morgan fingerprint density at radius 1 is 1.19 bits per heavy atom. The van der Waals surface area contributed by atoms with Gasteiger partial charge in [0.2, 0.25) is 0 Å². The number of non-ortho nitro benzene ring substituents is 1. The maximum absolute atomic E-state index is 13.1. The standard InChI is InChI=1S/C23H27N3O5/c1-15-20-18(27)12-23(2,3)13-19(20)31-21(15)22(28)25-9-7-24(8-10-25)14-16-5-4-6-17(11-16)26(29)30/h4-6,11H,7-10,12-14H2,1-3H3. The number of benzene rings is 1. The first kappa shape index (κ1) is 21.2. The zero-order chi connectivity index (χ0) is 22.3. The van der Waals surface area contributed by atoms with Crippen LogP contribution in [0.1, 0.15) is 58.1 Å². The highest BCUT2D eigenvalue weighted by Crippen LogP contribution is 2.38. The van der Waals surface area contributed by atoms with Gasteiger partial charge >= 0.3 is 0 Å². The first-order chi connectivity index (χ1) is 14.6. The van der Waals surface area contributed by atoms with Gasteiger partial charge in [-0.15, -0.1) is 0 Å². The number of piperazine rings is 1. The number of nitrogens with zero attached hydrogens (tertiary/aromatic N) is 3. The molecule has 164 valence electrons. The van der Waals surface area contributed by atoms with Crippen LogP contribution in [-0.2, 0) is 13.0 Å². The van der Waals surface area contributed by atoms with Crippen molar-refractivity contribution in [2.45, 2.75) is 40.2 Å². The van der Waals surface area contributed by atoms with Gasteiger partial charge in [-0.3, -0.25) is 24.6 Å². The minimum Gasteiger partial charge on any atom is -0.455 e. The second-order valence-electron chi connectivity index (χ2n) is 9.29. The number of amides is 1. The van der Waals surface area contributed by atoms with Crippen molar-refractivity contribution in [3.05, 3.63) is 62.6 Å². The van der Waals surface area contributed by atoms with Crippen molar-refractivity contribution >= 4 is 17.4 Å². The van der Waals surface area contributed by atoms with Gasteiger partial charge in [0.05, 0.1) is 10.5 Å². The molecule has 1 amide bonds. The number of nitro groups is 1. The molecule has 8 nitrogen and oxygen atoms in total. The van der Waals surface area contributed by atoms with E-state index in [4.69, 9.17) is 4.42 Å². The number of hydrogen-bond donors (Lipinski definition) is 0. The van der Waals surface area contributed by atoms with Crippen LogP contribution in [0.2, 0.25) is 0 Å². The monoisotopic (exact) mass is 425 g/mol. The lowest BCUT2D eigenvalue weighted by Gasteiger charge is -2.34. The minimum atomic E-state index is -0.392. The molecule has 0 N–H and O–H groups in total. The molecule has 1 fully saturated rings. The van der Waals surface area contributed by atoms with Gasteiger partial charge in [-0.25, -0.2) is 0 Å². The van der Waals surface area contributed by atoms with Gasteiger partial charge in [0, 0.05) is 63.3 Å². The quantitative estimate of drug-likeness (QED) is 0.548. The van der Waals surface area contributed by atoms with Crippen LogP contribution in [-0.4, -0.2) is 52.6 Å². The number of furan rings is 1. The number of fused-ring (bicyclic) bond motifs is 1. The maximum Gasteiger partial charge on any atom is 0.289 e. The van der Waals surface area contributed by atoms with Gasteiger partial charge < -0.3 is 9.32 Å². The lowest BCUT2D eigenvalue weighted by Crippen LogP contribution is -2.48. The molecule has 4 rings (SSSR count). The molecule has 0 saturated carbocycles. The molecule has 0 spiro atoms. The summed E-state index contributed by atoms with van der Waals surface area (Å²) in [4.78, 5) is 40.2. The first-order valence-electron chi connectivity index (χ1n) is 10.5. The number of Topliss-reactive ketones (excluding diaryl/α,β-unsaturated/α-hetero) is 1. The predicted molar refractivity (Wildman–Crippen MR) is 114 cm³/mol. The fourth-order valence-electron chi connectivity index (χ4n) is 4.57. The number of rotatable bonds is 4. The lowest BCUT2D eigenvalue weighted by molar-refractivity contribution is -0.384. The fraction of sp³-hybridized carbons (Fsp3) is 0.478. The van der Waals surface area contributed by atoms with Gasteiger partial charge in [-0.2, -0.15) is 0 Å². The Labute approximate surface area is 181 Å². The van der Waals surface area contributed by atoms with Gasteiger partial charge in [-0.05, 0) is 17.9 Å². The Morgan fingerprint density at radius 2 is 1.90 bits per heavy atom. The zero-order valence-electron chi connectivity index (χ0n) is 18.1. The Kier molecular flexibility index (Phi) is 5.43. The topological polar surface area (TPSA) is 96.9 Å². The summed E-state index contributed by atoms with van der Waals surface area (Å²) in [5.74, 6) is 0.787. The Balaban J connectivity index is 1.42. The van der Waals surface area contributed by atoms with E-state index in [1.54, 1.807) is 24.0 Å². The van der Waals surface area contributed by atoms with Crippen molar-refractivity contribution in [1.82, 2.24) is 9.80 Å². The van der Waals surface area contributed by atoms with E-state index < -0.39 is 4.92 Å². The summed E-state index contributed by atoms with van der Waals surface area (Å²) in [7, 11) is 0. The Hall–Kier alpha value is -3.00. The second-order valence-corrected chi connectivity index (χ2v) is 9.29. The van der Waals surface area contributed by atoms with Gasteiger partial charge in [0.1, 0.15) is 5.76 Å². The second kappa shape index (κ2) is 7.92. The molecule has 0 atom stereocenters. The summed E-state index contributed by atoms with van der Waals surface area (Å²) < 4.78 is 5.93. The van der Waals surface area contributed by atoms with Crippen molar-refractivity contribution in [1.29, 1.82) is 0 Å². The van der Waals surface area contributed by atoms with E-state index in [0.717, 1.165) is 5.56 Å².